The van der Waals surface area contributed by atoms with Gasteiger partial charge in [0, 0.05) is 20.2 Å². The second-order valence-corrected chi connectivity index (χ2v) is 5.00. The first-order valence-corrected chi connectivity index (χ1v) is 6.90. The summed E-state index contributed by atoms with van der Waals surface area (Å²) in [7, 11) is 1.66. The van der Waals surface area contributed by atoms with E-state index in [-0.39, 0.29) is 12.1 Å². The molecule has 2 atom stereocenters. The van der Waals surface area contributed by atoms with Crippen LogP contribution in [0.25, 0.3) is 0 Å². The number of unbranched alkanes of at least 4 members (excludes halogenated alkanes) is 1. The Hall–Kier alpha value is -1.30. The molecule has 6 nitrogen and oxygen atoms in total. The fraction of sp³-hybridized carbons (Fsp3) is 0.846. The van der Waals surface area contributed by atoms with Crippen LogP contribution in [-0.4, -0.2) is 54.4 Å². The number of ether oxygens (including phenoxy) is 1. The Morgan fingerprint density at radius 2 is 2.26 bits per heavy atom. The second-order valence-electron chi connectivity index (χ2n) is 5.00. The molecule has 2 N–H and O–H groups in total. The van der Waals surface area contributed by atoms with Crippen LogP contribution in [0.1, 0.15) is 39.0 Å². The molecule has 0 saturated carbocycles. The van der Waals surface area contributed by atoms with Gasteiger partial charge in [0.2, 0.25) is 0 Å². The highest BCUT2D eigenvalue weighted by Gasteiger charge is 2.24. The van der Waals surface area contributed by atoms with Gasteiger partial charge >= 0.3 is 12.0 Å². The number of hydrogen-bond acceptors (Lipinski definition) is 3. The third kappa shape index (κ3) is 5.46. The van der Waals surface area contributed by atoms with Gasteiger partial charge in [-0.3, -0.25) is 0 Å². The molecule has 0 radical (unpaired) electrons. The molecule has 0 bridgehead atoms. The second kappa shape index (κ2) is 7.99. The molecule has 1 aliphatic rings. The lowest BCUT2D eigenvalue weighted by molar-refractivity contribution is -0.139. The van der Waals surface area contributed by atoms with Crippen LogP contribution in [-0.2, 0) is 9.53 Å². The standard InChI is InChI=1S/C13H24N2O4/c1-3-4-7-11(12(16)17)14-13(18)15(2)9-10-6-5-8-19-10/h10-11H,3-9H2,1-2H3,(H,14,18)(H,16,17)/t10?,11-/m0/s1. The zero-order valence-electron chi connectivity index (χ0n) is 11.7. The maximum atomic E-state index is 11.9. The van der Waals surface area contributed by atoms with Crippen molar-refractivity contribution in [3.8, 4) is 0 Å². The normalized spacial score (nSPS) is 20.0. The van der Waals surface area contributed by atoms with Crippen LogP contribution in [0.2, 0.25) is 0 Å². The molecule has 1 heterocycles. The molecule has 110 valence electrons. The van der Waals surface area contributed by atoms with Gasteiger partial charge in [-0.05, 0) is 19.3 Å². The number of carbonyl (C=O) groups excluding carboxylic acids is 1. The third-order valence-corrected chi connectivity index (χ3v) is 3.29. The fourth-order valence-electron chi connectivity index (χ4n) is 2.10. The average Bonchev–Trinajstić information content (AvgIpc) is 2.86. The Balaban J connectivity index is 2.38. The van der Waals surface area contributed by atoms with E-state index in [0.717, 1.165) is 32.3 Å². The van der Waals surface area contributed by atoms with Crippen LogP contribution >= 0.6 is 0 Å². The lowest BCUT2D eigenvalue weighted by Crippen LogP contribution is -2.48. The minimum absolute atomic E-state index is 0.0784. The number of nitrogens with zero attached hydrogens (tertiary/aromatic N) is 1. The molecule has 1 fully saturated rings. The highest BCUT2D eigenvalue weighted by molar-refractivity contribution is 5.82. The average molecular weight is 272 g/mol. The molecule has 0 spiro atoms. The van der Waals surface area contributed by atoms with E-state index in [1.54, 1.807) is 7.05 Å². The number of hydrogen-bond donors (Lipinski definition) is 2. The lowest BCUT2D eigenvalue weighted by atomic mass is 10.1. The molecule has 1 saturated heterocycles. The van der Waals surface area contributed by atoms with Crippen molar-refractivity contribution in [3.05, 3.63) is 0 Å². The maximum absolute atomic E-state index is 11.9. The van der Waals surface area contributed by atoms with Crippen molar-refractivity contribution in [1.29, 1.82) is 0 Å². The van der Waals surface area contributed by atoms with Crippen molar-refractivity contribution in [2.24, 2.45) is 0 Å². The highest BCUT2D eigenvalue weighted by atomic mass is 16.5. The smallest absolute Gasteiger partial charge is 0.326 e. The van der Waals surface area contributed by atoms with E-state index >= 15 is 0 Å². The molecular weight excluding hydrogens is 248 g/mol. The van der Waals surface area contributed by atoms with E-state index in [4.69, 9.17) is 9.84 Å². The molecule has 1 aliphatic heterocycles. The van der Waals surface area contributed by atoms with Gasteiger partial charge in [-0.25, -0.2) is 9.59 Å². The molecule has 19 heavy (non-hydrogen) atoms. The highest BCUT2D eigenvalue weighted by Crippen LogP contribution is 2.12. The topological polar surface area (TPSA) is 78.9 Å². The molecule has 0 aromatic heterocycles. The zero-order valence-corrected chi connectivity index (χ0v) is 11.7. The molecule has 6 heteroatoms. The molecular formula is C13H24N2O4. The summed E-state index contributed by atoms with van der Waals surface area (Å²) in [4.78, 5) is 24.5. The molecule has 1 rings (SSSR count). The SMILES string of the molecule is CCCC[C@H](NC(=O)N(C)CC1CCCO1)C(=O)O. The summed E-state index contributed by atoms with van der Waals surface area (Å²) in [6.07, 6.45) is 4.21. The zero-order chi connectivity index (χ0) is 14.3. The summed E-state index contributed by atoms with van der Waals surface area (Å²) in [5.41, 5.74) is 0. The van der Waals surface area contributed by atoms with Crippen LogP contribution in [0, 0.1) is 0 Å². The summed E-state index contributed by atoms with van der Waals surface area (Å²) in [6, 6.07) is -1.15. The van der Waals surface area contributed by atoms with Crippen molar-refractivity contribution in [1.82, 2.24) is 10.2 Å². The number of carboxylic acid groups (broad SMARTS) is 1. The number of amides is 2. The van der Waals surface area contributed by atoms with E-state index in [1.807, 2.05) is 6.92 Å². The Morgan fingerprint density at radius 1 is 1.53 bits per heavy atom. The maximum Gasteiger partial charge on any atom is 0.326 e. The Morgan fingerprint density at radius 3 is 2.79 bits per heavy atom. The van der Waals surface area contributed by atoms with Crippen LogP contribution in [0.5, 0.6) is 0 Å². The van der Waals surface area contributed by atoms with E-state index in [9.17, 15) is 9.59 Å². The summed E-state index contributed by atoms with van der Waals surface area (Å²) in [6.45, 7) is 3.24. The predicted octanol–water partition coefficient (Wildman–Crippen LogP) is 1.45. The van der Waals surface area contributed by atoms with Gasteiger partial charge in [0.15, 0.2) is 0 Å². The van der Waals surface area contributed by atoms with E-state index < -0.39 is 12.0 Å². The lowest BCUT2D eigenvalue weighted by Gasteiger charge is -2.23. The largest absolute Gasteiger partial charge is 0.480 e. The first kappa shape index (κ1) is 15.8. The van der Waals surface area contributed by atoms with Gasteiger partial charge in [-0.1, -0.05) is 19.8 Å². The monoisotopic (exact) mass is 272 g/mol. The van der Waals surface area contributed by atoms with Gasteiger partial charge in [0.1, 0.15) is 6.04 Å². The van der Waals surface area contributed by atoms with Gasteiger partial charge in [0.05, 0.1) is 6.10 Å². The number of rotatable bonds is 7. The number of urea groups is 1. The number of carbonyl (C=O) groups is 2. The van der Waals surface area contributed by atoms with Crippen molar-refractivity contribution in [2.75, 3.05) is 20.2 Å². The van der Waals surface area contributed by atoms with Crippen LogP contribution in [0.4, 0.5) is 4.79 Å². The number of carboxylic acids is 1. The summed E-state index contributed by atoms with van der Waals surface area (Å²) >= 11 is 0. The molecule has 0 aromatic carbocycles. The number of likely N-dealkylation sites (N-methyl/N-ethyl adjacent to an activating group) is 1. The predicted molar refractivity (Wildman–Crippen MR) is 71.1 cm³/mol. The number of aliphatic carboxylic acids is 1. The van der Waals surface area contributed by atoms with E-state index in [1.165, 1.54) is 4.90 Å². The summed E-state index contributed by atoms with van der Waals surface area (Å²) in [5.74, 6) is -0.979. The first-order valence-electron chi connectivity index (χ1n) is 6.90. The summed E-state index contributed by atoms with van der Waals surface area (Å²) < 4.78 is 5.45. The van der Waals surface area contributed by atoms with E-state index in [0.29, 0.717) is 13.0 Å². The number of nitrogens with one attached hydrogen (secondary N) is 1. The summed E-state index contributed by atoms with van der Waals surface area (Å²) in [5, 5.41) is 11.6. The van der Waals surface area contributed by atoms with Crippen LogP contribution in [0.3, 0.4) is 0 Å². The first-order chi connectivity index (χ1) is 9.04. The minimum atomic E-state index is -0.979. The van der Waals surface area contributed by atoms with E-state index in [2.05, 4.69) is 5.32 Å². The van der Waals surface area contributed by atoms with Crippen molar-refractivity contribution in [3.63, 3.8) is 0 Å². The van der Waals surface area contributed by atoms with Crippen LogP contribution < -0.4 is 5.32 Å². The van der Waals surface area contributed by atoms with Crippen molar-refractivity contribution >= 4 is 12.0 Å². The molecule has 2 amide bonds. The van der Waals surface area contributed by atoms with Gasteiger partial charge in [0.25, 0.3) is 0 Å². The fourth-order valence-corrected chi connectivity index (χ4v) is 2.10. The third-order valence-electron chi connectivity index (χ3n) is 3.29. The van der Waals surface area contributed by atoms with Crippen LogP contribution in [0.15, 0.2) is 0 Å². The van der Waals surface area contributed by atoms with Crippen molar-refractivity contribution in [2.45, 2.75) is 51.2 Å². The molecule has 1 unspecified atom stereocenters. The molecule has 0 aromatic rings. The Bertz CT molecular complexity index is 303. The van der Waals surface area contributed by atoms with Crippen molar-refractivity contribution < 1.29 is 19.4 Å². The Kier molecular flexibility index (Phi) is 6.62. The quantitative estimate of drug-likeness (QED) is 0.735. The van der Waals surface area contributed by atoms with Gasteiger partial charge < -0.3 is 20.1 Å². The Labute approximate surface area is 114 Å². The van der Waals surface area contributed by atoms with Gasteiger partial charge in [-0.15, -0.1) is 0 Å². The minimum Gasteiger partial charge on any atom is -0.480 e. The van der Waals surface area contributed by atoms with Gasteiger partial charge in [-0.2, -0.15) is 0 Å². The molecule has 0 aliphatic carbocycles.